The average Bonchev–Trinajstić information content (AvgIpc) is 2.92. The van der Waals surface area contributed by atoms with Crippen molar-refractivity contribution < 1.29 is 19.1 Å². The number of aryl methyl sites for hydroxylation is 1. The number of nitrogens with zero attached hydrogens (tertiary/aromatic N) is 2. The topological polar surface area (TPSA) is 89.5 Å². The minimum absolute atomic E-state index is 0.144. The lowest BCUT2D eigenvalue weighted by molar-refractivity contribution is 0.0694. The van der Waals surface area contributed by atoms with E-state index in [9.17, 15) is 4.79 Å². The molecule has 0 radical (unpaired) electrons. The van der Waals surface area contributed by atoms with Gasteiger partial charge in [-0.25, -0.2) is 9.48 Å². The predicted molar refractivity (Wildman–Crippen MR) is 62.8 cm³/mol. The van der Waals surface area contributed by atoms with Crippen molar-refractivity contribution in [2.45, 2.75) is 6.54 Å². The molecule has 0 aromatic carbocycles. The second kappa shape index (κ2) is 4.82. The number of carboxylic acid groups (broad SMARTS) is 1. The summed E-state index contributed by atoms with van der Waals surface area (Å²) in [5, 5.41) is 16.0. The first-order valence-corrected chi connectivity index (χ1v) is 5.23. The molecular formula is C11H13N3O4. The molecule has 2 N–H and O–H groups in total. The number of methoxy groups -OCH3 is 1. The Hall–Kier alpha value is -2.44. The van der Waals surface area contributed by atoms with Crippen LogP contribution in [0.1, 0.15) is 16.1 Å². The van der Waals surface area contributed by atoms with E-state index in [2.05, 4.69) is 10.4 Å². The fourth-order valence-electron chi connectivity index (χ4n) is 1.57. The highest BCUT2D eigenvalue weighted by Crippen LogP contribution is 2.17. The number of carbonyl (C=O) groups is 1. The number of rotatable bonds is 5. The number of hydrogen-bond acceptors (Lipinski definition) is 5. The SMILES string of the molecule is COc1cc(NCc2occc2C(=O)O)nn1C. The number of furan rings is 1. The summed E-state index contributed by atoms with van der Waals surface area (Å²) >= 11 is 0. The zero-order chi connectivity index (χ0) is 13.1. The monoisotopic (exact) mass is 251 g/mol. The Bertz CT molecular complexity index is 558. The zero-order valence-corrected chi connectivity index (χ0v) is 10.0. The van der Waals surface area contributed by atoms with E-state index in [1.807, 2.05) is 0 Å². The Morgan fingerprint density at radius 3 is 3.06 bits per heavy atom. The van der Waals surface area contributed by atoms with Crippen LogP contribution in [0.2, 0.25) is 0 Å². The van der Waals surface area contributed by atoms with E-state index >= 15 is 0 Å². The molecule has 0 saturated carbocycles. The third kappa shape index (κ3) is 2.29. The molecule has 18 heavy (non-hydrogen) atoms. The summed E-state index contributed by atoms with van der Waals surface area (Å²) in [4.78, 5) is 10.9. The number of aromatic carboxylic acids is 1. The van der Waals surface area contributed by atoms with Gasteiger partial charge in [-0.05, 0) is 6.07 Å². The molecule has 2 heterocycles. The number of nitrogens with one attached hydrogen (secondary N) is 1. The summed E-state index contributed by atoms with van der Waals surface area (Å²) in [7, 11) is 3.30. The van der Waals surface area contributed by atoms with Crippen LogP contribution in [0.15, 0.2) is 22.8 Å². The van der Waals surface area contributed by atoms with Gasteiger partial charge in [-0.15, -0.1) is 0 Å². The van der Waals surface area contributed by atoms with Crippen LogP contribution < -0.4 is 10.1 Å². The Balaban J connectivity index is 2.06. The van der Waals surface area contributed by atoms with Gasteiger partial charge in [0, 0.05) is 13.1 Å². The van der Waals surface area contributed by atoms with Crippen LogP contribution in [0.5, 0.6) is 5.88 Å². The van der Waals surface area contributed by atoms with E-state index in [1.54, 1.807) is 24.9 Å². The van der Waals surface area contributed by atoms with Crippen molar-refractivity contribution in [3.8, 4) is 5.88 Å². The molecule has 7 nitrogen and oxygen atoms in total. The molecular weight excluding hydrogens is 238 g/mol. The molecule has 0 unspecified atom stereocenters. The summed E-state index contributed by atoms with van der Waals surface area (Å²) in [5.41, 5.74) is 0.144. The highest BCUT2D eigenvalue weighted by molar-refractivity contribution is 5.88. The smallest absolute Gasteiger partial charge is 0.339 e. The van der Waals surface area contributed by atoms with Crippen LogP contribution in [0.4, 0.5) is 5.82 Å². The maximum atomic E-state index is 10.9. The van der Waals surface area contributed by atoms with E-state index in [1.165, 1.54) is 12.3 Å². The Labute approximate surface area is 103 Å². The molecule has 2 aromatic heterocycles. The standard InChI is InChI=1S/C11H13N3O4/c1-14-10(17-2)5-9(13-14)12-6-8-7(11(15)16)3-4-18-8/h3-5H,6H2,1-2H3,(H,12,13)(H,15,16). The quantitative estimate of drug-likeness (QED) is 0.833. The Morgan fingerprint density at radius 2 is 2.44 bits per heavy atom. The van der Waals surface area contributed by atoms with E-state index in [-0.39, 0.29) is 12.1 Å². The van der Waals surface area contributed by atoms with Crippen molar-refractivity contribution in [2.75, 3.05) is 12.4 Å². The fraction of sp³-hybridized carbons (Fsp3) is 0.273. The van der Waals surface area contributed by atoms with Crippen molar-refractivity contribution in [3.05, 3.63) is 29.7 Å². The van der Waals surface area contributed by atoms with Gasteiger partial charge in [0.05, 0.1) is 19.9 Å². The van der Waals surface area contributed by atoms with Crippen LogP contribution in [0.3, 0.4) is 0 Å². The molecule has 0 aliphatic carbocycles. The maximum Gasteiger partial charge on any atom is 0.339 e. The molecule has 0 aliphatic rings. The van der Waals surface area contributed by atoms with Gasteiger partial charge >= 0.3 is 5.97 Å². The van der Waals surface area contributed by atoms with Gasteiger partial charge in [0.2, 0.25) is 5.88 Å². The van der Waals surface area contributed by atoms with Gasteiger partial charge in [-0.3, -0.25) is 0 Å². The third-order valence-electron chi connectivity index (χ3n) is 2.45. The molecule has 96 valence electrons. The summed E-state index contributed by atoms with van der Waals surface area (Å²) in [6.45, 7) is 0.245. The number of aromatic nitrogens is 2. The van der Waals surface area contributed by atoms with E-state index < -0.39 is 5.97 Å². The Kier molecular flexibility index (Phi) is 3.22. The van der Waals surface area contributed by atoms with Gasteiger partial charge < -0.3 is 19.6 Å². The zero-order valence-electron chi connectivity index (χ0n) is 10.0. The molecule has 0 atom stereocenters. The predicted octanol–water partition coefficient (Wildman–Crippen LogP) is 1.33. The second-order valence-electron chi connectivity index (χ2n) is 3.61. The summed E-state index contributed by atoms with van der Waals surface area (Å²) < 4.78 is 11.7. The fourth-order valence-corrected chi connectivity index (χ4v) is 1.57. The van der Waals surface area contributed by atoms with Gasteiger partial charge in [-0.1, -0.05) is 0 Å². The second-order valence-corrected chi connectivity index (χ2v) is 3.61. The van der Waals surface area contributed by atoms with Crippen molar-refractivity contribution in [1.29, 1.82) is 0 Å². The van der Waals surface area contributed by atoms with Crippen LogP contribution in [-0.4, -0.2) is 28.0 Å². The number of carboxylic acids is 1. The molecule has 7 heteroatoms. The molecule has 0 spiro atoms. The minimum Gasteiger partial charge on any atom is -0.481 e. The number of ether oxygens (including phenoxy) is 1. The van der Waals surface area contributed by atoms with E-state index in [0.717, 1.165) is 0 Å². The van der Waals surface area contributed by atoms with Crippen molar-refractivity contribution in [3.63, 3.8) is 0 Å². The average molecular weight is 251 g/mol. The molecule has 0 fully saturated rings. The molecule has 0 saturated heterocycles. The first-order valence-electron chi connectivity index (χ1n) is 5.23. The van der Waals surface area contributed by atoms with Gasteiger partial charge in [0.25, 0.3) is 0 Å². The number of anilines is 1. The summed E-state index contributed by atoms with van der Waals surface area (Å²) in [5.74, 6) is 0.531. The molecule has 2 rings (SSSR count). The molecule has 0 aliphatic heterocycles. The van der Waals surface area contributed by atoms with Crippen LogP contribution in [-0.2, 0) is 13.6 Å². The van der Waals surface area contributed by atoms with Crippen LogP contribution >= 0.6 is 0 Å². The lowest BCUT2D eigenvalue weighted by Crippen LogP contribution is -2.05. The van der Waals surface area contributed by atoms with Crippen molar-refractivity contribution in [2.24, 2.45) is 7.05 Å². The third-order valence-corrected chi connectivity index (χ3v) is 2.45. The van der Waals surface area contributed by atoms with E-state index in [4.69, 9.17) is 14.3 Å². The molecule has 2 aromatic rings. The largest absolute Gasteiger partial charge is 0.481 e. The van der Waals surface area contributed by atoms with E-state index in [0.29, 0.717) is 17.5 Å². The van der Waals surface area contributed by atoms with Gasteiger partial charge in [0.15, 0.2) is 5.82 Å². The first-order chi connectivity index (χ1) is 8.61. The molecule has 0 bridgehead atoms. The van der Waals surface area contributed by atoms with Crippen molar-refractivity contribution >= 4 is 11.8 Å². The Morgan fingerprint density at radius 1 is 1.67 bits per heavy atom. The minimum atomic E-state index is -1.01. The van der Waals surface area contributed by atoms with Gasteiger partial charge in [0.1, 0.15) is 11.3 Å². The summed E-state index contributed by atoms with van der Waals surface area (Å²) in [6, 6.07) is 3.13. The van der Waals surface area contributed by atoms with Gasteiger partial charge in [-0.2, -0.15) is 5.10 Å². The highest BCUT2D eigenvalue weighted by atomic mass is 16.5. The summed E-state index contributed by atoms with van der Waals surface area (Å²) in [6.07, 6.45) is 1.35. The normalized spacial score (nSPS) is 10.3. The maximum absolute atomic E-state index is 10.9. The van der Waals surface area contributed by atoms with Crippen LogP contribution in [0.25, 0.3) is 0 Å². The van der Waals surface area contributed by atoms with Crippen LogP contribution in [0, 0.1) is 0 Å². The molecule has 0 amide bonds. The first kappa shape index (κ1) is 12.0. The highest BCUT2D eigenvalue weighted by Gasteiger charge is 2.13. The van der Waals surface area contributed by atoms with Crippen molar-refractivity contribution in [1.82, 2.24) is 9.78 Å². The lowest BCUT2D eigenvalue weighted by atomic mass is 10.2. The lowest BCUT2D eigenvalue weighted by Gasteiger charge is -2.00. The number of hydrogen-bond donors (Lipinski definition) is 2.